The van der Waals surface area contributed by atoms with Gasteiger partial charge in [-0.15, -0.1) is 0 Å². The number of rotatable bonds is 2. The standard InChI is InChI=1S/C20H23BrN4O2/c1-19(2)17-16(5-12(21)8-23-17)25(18(19)26)13-6-20(7-13,11-22)24-9-14-3-4-15(10-24)27-14/h5,8,13-15H,3-4,6-7,9-10H2,1-2H3/t13?,14-,15?,20?/m0/s1. The topological polar surface area (TPSA) is 69.5 Å². The van der Waals surface area contributed by atoms with Gasteiger partial charge in [-0.05, 0) is 48.7 Å². The van der Waals surface area contributed by atoms with Crippen LogP contribution in [0.4, 0.5) is 5.69 Å². The fourth-order valence-electron chi connectivity index (χ4n) is 5.26. The molecule has 1 aliphatic carbocycles. The van der Waals surface area contributed by atoms with Crippen molar-refractivity contribution in [2.24, 2.45) is 0 Å². The summed E-state index contributed by atoms with van der Waals surface area (Å²) in [4.78, 5) is 21.9. The molecule has 2 saturated heterocycles. The van der Waals surface area contributed by atoms with E-state index in [4.69, 9.17) is 4.74 Å². The van der Waals surface area contributed by atoms with Gasteiger partial charge in [0, 0.05) is 42.6 Å². The van der Waals surface area contributed by atoms with E-state index in [0.29, 0.717) is 12.8 Å². The quantitative estimate of drug-likeness (QED) is 0.721. The van der Waals surface area contributed by atoms with Crippen LogP contribution in [0.3, 0.4) is 0 Å². The zero-order valence-corrected chi connectivity index (χ0v) is 17.2. The molecule has 6 nitrogen and oxygen atoms in total. The summed E-state index contributed by atoms with van der Waals surface area (Å²) in [5, 5.41) is 9.99. The van der Waals surface area contributed by atoms with Gasteiger partial charge in [-0.2, -0.15) is 5.26 Å². The van der Waals surface area contributed by atoms with Crippen molar-refractivity contribution in [3.63, 3.8) is 0 Å². The van der Waals surface area contributed by atoms with Gasteiger partial charge in [-0.1, -0.05) is 0 Å². The second-order valence-electron chi connectivity index (χ2n) is 8.89. The number of morpholine rings is 1. The molecule has 27 heavy (non-hydrogen) atoms. The Morgan fingerprint density at radius 2 is 1.96 bits per heavy atom. The third kappa shape index (κ3) is 2.43. The van der Waals surface area contributed by atoms with Crippen LogP contribution < -0.4 is 4.90 Å². The van der Waals surface area contributed by atoms with Gasteiger partial charge in [0.1, 0.15) is 5.54 Å². The second-order valence-corrected chi connectivity index (χ2v) is 9.80. The molecule has 1 unspecified atom stereocenters. The van der Waals surface area contributed by atoms with E-state index in [9.17, 15) is 10.1 Å². The molecule has 1 saturated carbocycles. The number of carbonyl (C=O) groups is 1. The number of amides is 1. The van der Waals surface area contributed by atoms with Crippen molar-refractivity contribution in [2.45, 2.75) is 68.7 Å². The average Bonchev–Trinajstić information content (AvgIpc) is 3.03. The molecule has 4 heterocycles. The first-order valence-electron chi connectivity index (χ1n) is 9.65. The van der Waals surface area contributed by atoms with E-state index in [1.807, 2.05) is 24.8 Å². The first-order valence-corrected chi connectivity index (χ1v) is 10.4. The fraction of sp³-hybridized carbons (Fsp3) is 0.650. The molecule has 0 aromatic carbocycles. The molecule has 7 heteroatoms. The highest BCUT2D eigenvalue weighted by Gasteiger charge is 2.58. The largest absolute Gasteiger partial charge is 0.372 e. The SMILES string of the molecule is CC1(C)C(=O)N(C2CC(C#N)(N3CC4CC[C@@H](C3)O4)C2)c2cc(Br)cnc21. The van der Waals surface area contributed by atoms with Crippen molar-refractivity contribution in [1.29, 1.82) is 5.26 Å². The van der Waals surface area contributed by atoms with Crippen LogP contribution >= 0.6 is 15.9 Å². The van der Waals surface area contributed by atoms with E-state index in [2.05, 4.69) is 31.9 Å². The molecule has 0 spiro atoms. The van der Waals surface area contributed by atoms with Crippen LogP contribution in [0.1, 0.15) is 45.2 Å². The van der Waals surface area contributed by atoms with Crippen molar-refractivity contribution in [1.82, 2.24) is 9.88 Å². The second kappa shape index (κ2) is 5.76. The van der Waals surface area contributed by atoms with Gasteiger partial charge >= 0.3 is 0 Å². The number of fused-ring (bicyclic) bond motifs is 3. The summed E-state index contributed by atoms with van der Waals surface area (Å²) < 4.78 is 6.81. The number of pyridine rings is 1. The van der Waals surface area contributed by atoms with E-state index in [1.165, 1.54) is 0 Å². The molecular weight excluding hydrogens is 408 g/mol. The number of aromatic nitrogens is 1. The zero-order valence-electron chi connectivity index (χ0n) is 15.6. The predicted octanol–water partition coefficient (Wildman–Crippen LogP) is 2.76. The van der Waals surface area contributed by atoms with Crippen LogP contribution in [0.2, 0.25) is 0 Å². The smallest absolute Gasteiger partial charge is 0.239 e. The Bertz CT molecular complexity index is 846. The molecule has 0 radical (unpaired) electrons. The van der Waals surface area contributed by atoms with Crippen LogP contribution in [-0.4, -0.2) is 52.7 Å². The molecule has 3 aliphatic heterocycles. The van der Waals surface area contributed by atoms with Crippen molar-refractivity contribution in [3.05, 3.63) is 22.4 Å². The molecule has 1 aromatic heterocycles. The van der Waals surface area contributed by atoms with Gasteiger partial charge in [0.2, 0.25) is 5.91 Å². The van der Waals surface area contributed by atoms with E-state index in [1.54, 1.807) is 6.20 Å². The summed E-state index contributed by atoms with van der Waals surface area (Å²) in [6.45, 7) is 5.54. The first-order chi connectivity index (χ1) is 12.8. The average molecular weight is 431 g/mol. The Balaban J connectivity index is 1.41. The number of likely N-dealkylation sites (tertiary alicyclic amines) is 1. The van der Waals surface area contributed by atoms with Crippen LogP contribution in [0.5, 0.6) is 0 Å². The van der Waals surface area contributed by atoms with E-state index in [0.717, 1.165) is 41.8 Å². The number of nitriles is 1. The number of nitrogens with zero attached hydrogens (tertiary/aromatic N) is 4. The lowest BCUT2D eigenvalue weighted by Gasteiger charge is -2.54. The highest BCUT2D eigenvalue weighted by molar-refractivity contribution is 9.10. The number of halogens is 1. The maximum atomic E-state index is 13.2. The molecule has 5 rings (SSSR count). The Hall–Kier alpha value is -1.49. The molecule has 4 aliphatic rings. The van der Waals surface area contributed by atoms with Crippen LogP contribution in [0.25, 0.3) is 0 Å². The third-order valence-electron chi connectivity index (χ3n) is 6.81. The van der Waals surface area contributed by atoms with Crippen molar-refractivity contribution >= 4 is 27.5 Å². The predicted molar refractivity (Wildman–Crippen MR) is 103 cm³/mol. The number of hydrogen-bond acceptors (Lipinski definition) is 5. The van der Waals surface area contributed by atoms with Gasteiger partial charge in [0.15, 0.2) is 0 Å². The Morgan fingerprint density at radius 1 is 1.30 bits per heavy atom. The van der Waals surface area contributed by atoms with E-state index >= 15 is 0 Å². The zero-order chi connectivity index (χ0) is 19.0. The first kappa shape index (κ1) is 17.6. The minimum atomic E-state index is -0.626. The molecule has 1 aromatic rings. The Labute approximate surface area is 167 Å². The van der Waals surface area contributed by atoms with Gasteiger partial charge in [0.05, 0.1) is 35.1 Å². The van der Waals surface area contributed by atoms with Gasteiger partial charge in [-0.25, -0.2) is 0 Å². The van der Waals surface area contributed by atoms with Crippen LogP contribution in [0, 0.1) is 11.3 Å². The lowest BCUT2D eigenvalue weighted by atomic mass is 9.71. The molecule has 3 fully saturated rings. The lowest BCUT2D eigenvalue weighted by molar-refractivity contribution is -0.124. The van der Waals surface area contributed by atoms with Crippen molar-refractivity contribution < 1.29 is 9.53 Å². The number of carbonyl (C=O) groups excluding carboxylic acids is 1. The highest BCUT2D eigenvalue weighted by Crippen LogP contribution is 2.50. The molecule has 1 amide bonds. The molecule has 142 valence electrons. The number of ether oxygens (including phenoxy) is 1. The Morgan fingerprint density at radius 3 is 2.59 bits per heavy atom. The lowest BCUT2D eigenvalue weighted by Crippen LogP contribution is -2.66. The normalized spacial score (nSPS) is 37.0. The number of anilines is 1. The molecular formula is C20H23BrN4O2. The van der Waals surface area contributed by atoms with Gasteiger partial charge in [-0.3, -0.25) is 14.7 Å². The van der Waals surface area contributed by atoms with Gasteiger partial charge in [0.25, 0.3) is 0 Å². The summed E-state index contributed by atoms with van der Waals surface area (Å²) in [6, 6.07) is 4.62. The van der Waals surface area contributed by atoms with Gasteiger partial charge < -0.3 is 9.64 Å². The van der Waals surface area contributed by atoms with Crippen LogP contribution in [0.15, 0.2) is 16.7 Å². The number of hydrogen-bond donors (Lipinski definition) is 0. The minimum absolute atomic E-state index is 0.0503. The summed E-state index contributed by atoms with van der Waals surface area (Å²) in [6.07, 6.45) is 5.85. The molecule has 2 bridgehead atoms. The third-order valence-corrected chi connectivity index (χ3v) is 7.24. The van der Waals surface area contributed by atoms with E-state index < -0.39 is 11.0 Å². The maximum Gasteiger partial charge on any atom is 0.239 e. The van der Waals surface area contributed by atoms with Crippen LogP contribution in [-0.2, 0) is 14.9 Å². The minimum Gasteiger partial charge on any atom is -0.372 e. The summed E-state index contributed by atoms with van der Waals surface area (Å²) in [5.41, 5.74) is 0.619. The molecule has 2 atom stereocenters. The van der Waals surface area contributed by atoms with E-state index in [-0.39, 0.29) is 24.2 Å². The summed E-state index contributed by atoms with van der Waals surface area (Å²) in [7, 11) is 0. The maximum absolute atomic E-state index is 13.2. The fourth-order valence-corrected chi connectivity index (χ4v) is 5.57. The summed E-state index contributed by atoms with van der Waals surface area (Å²) >= 11 is 3.48. The Kier molecular flexibility index (Phi) is 3.75. The summed E-state index contributed by atoms with van der Waals surface area (Å²) in [5.74, 6) is 0.0849. The van der Waals surface area contributed by atoms with Crippen molar-refractivity contribution in [2.75, 3.05) is 18.0 Å². The monoisotopic (exact) mass is 430 g/mol. The van der Waals surface area contributed by atoms with Crippen molar-refractivity contribution in [3.8, 4) is 6.07 Å². The molecule has 0 N–H and O–H groups in total. The highest BCUT2D eigenvalue weighted by atomic mass is 79.9.